The Labute approximate surface area is 223 Å². The first-order chi connectivity index (χ1) is 17.9. The smallest absolute Gasteiger partial charge is 0.303 e. The summed E-state index contributed by atoms with van der Waals surface area (Å²) in [6.45, 7) is 3.02. The monoisotopic (exact) mass is 525 g/mol. The van der Waals surface area contributed by atoms with Crippen LogP contribution in [0.3, 0.4) is 0 Å². The van der Waals surface area contributed by atoms with Gasteiger partial charge in [-0.3, -0.25) is 9.78 Å². The molecule has 37 heavy (non-hydrogen) atoms. The average molecular weight is 526 g/mol. The van der Waals surface area contributed by atoms with Gasteiger partial charge in [0.05, 0.1) is 23.8 Å². The van der Waals surface area contributed by atoms with E-state index in [-0.39, 0.29) is 6.42 Å². The summed E-state index contributed by atoms with van der Waals surface area (Å²) in [4.78, 5) is 18.3. The summed E-state index contributed by atoms with van der Waals surface area (Å²) in [7, 11) is 3.71. The molecule has 0 aliphatic carbocycles. The van der Waals surface area contributed by atoms with Crippen LogP contribution in [0.1, 0.15) is 50.2 Å². The largest absolute Gasteiger partial charge is 0.497 e. The first-order valence-electron chi connectivity index (χ1n) is 13.2. The number of carboxylic acids is 1. The van der Waals surface area contributed by atoms with Gasteiger partial charge in [0.2, 0.25) is 0 Å². The predicted molar refractivity (Wildman–Crippen MR) is 148 cm³/mol. The summed E-state index contributed by atoms with van der Waals surface area (Å²) in [5, 5.41) is 22.7. The van der Waals surface area contributed by atoms with Crippen LogP contribution in [0.5, 0.6) is 5.75 Å². The zero-order valence-electron chi connectivity index (χ0n) is 21.9. The number of piperidine rings is 1. The molecule has 0 unspecified atom stereocenters. The third-order valence-electron chi connectivity index (χ3n) is 7.62. The summed E-state index contributed by atoms with van der Waals surface area (Å²) >= 11 is 1.89. The number of aromatic nitrogens is 2. The van der Waals surface area contributed by atoms with E-state index < -0.39 is 12.1 Å². The fraction of sp³-hybridized carbons (Fsp3) is 0.517. The van der Waals surface area contributed by atoms with Crippen LogP contribution in [0.2, 0.25) is 0 Å². The highest BCUT2D eigenvalue weighted by Gasteiger charge is 2.30. The lowest BCUT2D eigenvalue weighted by Crippen LogP contribution is -2.41. The lowest BCUT2D eigenvalue weighted by atomic mass is 9.79. The number of benzene rings is 1. The summed E-state index contributed by atoms with van der Waals surface area (Å²) < 4.78 is 7.53. The molecule has 0 spiro atoms. The SMILES string of the molecule is COc1ccc2nccc([C@H](O)CC[C@@H]3CCN(CCCSc4cccn4C)C[C@H]3CCC(=O)O)c2c1. The van der Waals surface area contributed by atoms with Crippen molar-refractivity contribution in [1.82, 2.24) is 14.5 Å². The van der Waals surface area contributed by atoms with Crippen LogP contribution in [0.15, 0.2) is 53.8 Å². The van der Waals surface area contributed by atoms with Crippen molar-refractivity contribution in [2.75, 3.05) is 32.5 Å². The number of carbonyl (C=O) groups is 1. The summed E-state index contributed by atoms with van der Waals surface area (Å²) in [5.74, 6) is 1.86. The van der Waals surface area contributed by atoms with Crippen LogP contribution in [0, 0.1) is 11.8 Å². The Morgan fingerprint density at radius 1 is 1.24 bits per heavy atom. The zero-order chi connectivity index (χ0) is 26.2. The second-order valence-corrected chi connectivity index (χ2v) is 11.2. The molecule has 1 saturated heterocycles. The Bertz CT molecular complexity index is 1170. The van der Waals surface area contributed by atoms with E-state index in [1.807, 2.05) is 36.0 Å². The predicted octanol–water partition coefficient (Wildman–Crippen LogP) is 5.38. The molecule has 1 aliphatic heterocycles. The number of fused-ring (bicyclic) bond motifs is 1. The molecule has 3 atom stereocenters. The Morgan fingerprint density at radius 2 is 2.11 bits per heavy atom. The van der Waals surface area contributed by atoms with Gasteiger partial charge < -0.3 is 24.4 Å². The van der Waals surface area contributed by atoms with Gasteiger partial charge in [0, 0.05) is 43.5 Å². The standard InChI is InChI=1S/C29H39N3O4S/c1-31-15-3-5-28(31)37-18-4-16-32-17-13-21(22(20-32)7-11-29(34)35)6-10-27(33)24-12-14-30-26-9-8-23(36-2)19-25(24)26/h3,5,8-9,12,14-15,19,21-22,27,33H,4,6-7,10-11,13,16-18,20H2,1-2H3,(H,34,35)/t21-,22-,27-/m1/s1. The van der Waals surface area contributed by atoms with Crippen LogP contribution in [0.25, 0.3) is 10.9 Å². The molecule has 3 heterocycles. The molecule has 7 nitrogen and oxygen atoms in total. The van der Waals surface area contributed by atoms with E-state index in [0.717, 1.165) is 66.9 Å². The minimum atomic E-state index is -0.730. The van der Waals surface area contributed by atoms with Crippen molar-refractivity contribution >= 4 is 28.6 Å². The number of aliphatic hydroxyl groups is 1. The van der Waals surface area contributed by atoms with Crippen molar-refractivity contribution in [2.45, 2.75) is 49.7 Å². The van der Waals surface area contributed by atoms with Gasteiger partial charge in [-0.25, -0.2) is 0 Å². The number of carboxylic acid groups (broad SMARTS) is 1. The van der Waals surface area contributed by atoms with Gasteiger partial charge in [-0.2, -0.15) is 0 Å². The molecule has 4 rings (SSSR count). The van der Waals surface area contributed by atoms with Crippen LogP contribution in [-0.4, -0.2) is 63.1 Å². The summed E-state index contributed by atoms with van der Waals surface area (Å²) in [6, 6.07) is 11.9. The van der Waals surface area contributed by atoms with Gasteiger partial charge in [0.1, 0.15) is 5.75 Å². The molecule has 0 radical (unpaired) electrons. The van der Waals surface area contributed by atoms with Crippen LogP contribution in [0.4, 0.5) is 0 Å². The molecule has 0 saturated carbocycles. The highest BCUT2D eigenvalue weighted by molar-refractivity contribution is 7.99. The number of rotatable bonds is 13. The minimum absolute atomic E-state index is 0.204. The van der Waals surface area contributed by atoms with Gasteiger partial charge in [-0.05, 0) is 99.0 Å². The van der Waals surface area contributed by atoms with E-state index in [1.54, 1.807) is 13.3 Å². The molecular formula is C29H39N3O4S. The zero-order valence-corrected chi connectivity index (χ0v) is 22.7. The van der Waals surface area contributed by atoms with E-state index in [9.17, 15) is 15.0 Å². The van der Waals surface area contributed by atoms with Gasteiger partial charge >= 0.3 is 5.97 Å². The molecule has 2 N–H and O–H groups in total. The maximum Gasteiger partial charge on any atom is 0.303 e. The summed E-state index contributed by atoms with van der Waals surface area (Å²) in [6.07, 6.45) is 7.83. The number of hydrogen-bond donors (Lipinski definition) is 2. The number of methoxy groups -OCH3 is 1. The highest BCUT2D eigenvalue weighted by atomic mass is 32.2. The topological polar surface area (TPSA) is 87.8 Å². The number of hydrogen-bond acceptors (Lipinski definition) is 6. The number of ether oxygens (including phenoxy) is 1. The van der Waals surface area contributed by atoms with Crippen molar-refractivity contribution in [2.24, 2.45) is 18.9 Å². The number of aliphatic hydroxyl groups excluding tert-OH is 1. The maximum atomic E-state index is 11.3. The fourth-order valence-electron chi connectivity index (χ4n) is 5.53. The quantitative estimate of drug-likeness (QED) is 0.229. The van der Waals surface area contributed by atoms with Crippen LogP contribution < -0.4 is 4.74 Å². The molecule has 0 amide bonds. The number of pyridine rings is 1. The second-order valence-electron chi connectivity index (χ2n) is 10.1. The average Bonchev–Trinajstić information content (AvgIpc) is 3.32. The Balaban J connectivity index is 1.32. The normalized spacial score (nSPS) is 19.2. The second kappa shape index (κ2) is 13.3. The fourth-order valence-corrected chi connectivity index (χ4v) is 6.45. The third kappa shape index (κ3) is 7.49. The molecular weight excluding hydrogens is 486 g/mol. The van der Waals surface area contributed by atoms with Crippen LogP contribution in [-0.2, 0) is 11.8 Å². The van der Waals surface area contributed by atoms with E-state index in [4.69, 9.17) is 4.74 Å². The number of aryl methyl sites for hydroxylation is 1. The minimum Gasteiger partial charge on any atom is -0.497 e. The number of aliphatic carboxylic acids is 1. The van der Waals surface area contributed by atoms with E-state index in [1.165, 1.54) is 5.03 Å². The van der Waals surface area contributed by atoms with Gasteiger partial charge in [-0.15, -0.1) is 11.8 Å². The number of nitrogens with zero attached hydrogens (tertiary/aromatic N) is 3. The van der Waals surface area contributed by atoms with E-state index >= 15 is 0 Å². The van der Waals surface area contributed by atoms with Gasteiger partial charge in [0.25, 0.3) is 0 Å². The van der Waals surface area contributed by atoms with Crippen molar-refractivity contribution in [3.63, 3.8) is 0 Å². The third-order valence-corrected chi connectivity index (χ3v) is 8.83. The molecule has 0 bridgehead atoms. The van der Waals surface area contributed by atoms with Crippen molar-refractivity contribution in [1.29, 1.82) is 0 Å². The number of likely N-dealkylation sites (tertiary alicyclic amines) is 1. The Kier molecular flexibility index (Phi) is 9.88. The Morgan fingerprint density at radius 3 is 2.86 bits per heavy atom. The van der Waals surface area contributed by atoms with Crippen molar-refractivity contribution in [3.05, 3.63) is 54.4 Å². The highest BCUT2D eigenvalue weighted by Crippen LogP contribution is 2.35. The lowest BCUT2D eigenvalue weighted by Gasteiger charge is -2.39. The molecule has 200 valence electrons. The van der Waals surface area contributed by atoms with Crippen molar-refractivity contribution < 1.29 is 19.7 Å². The number of thioether (sulfide) groups is 1. The van der Waals surface area contributed by atoms with E-state index in [0.29, 0.717) is 24.7 Å². The molecule has 1 fully saturated rings. The summed E-state index contributed by atoms with van der Waals surface area (Å²) in [5.41, 5.74) is 1.72. The molecule has 2 aromatic heterocycles. The molecule has 1 aromatic carbocycles. The lowest BCUT2D eigenvalue weighted by molar-refractivity contribution is -0.137. The molecule has 1 aliphatic rings. The van der Waals surface area contributed by atoms with Crippen molar-refractivity contribution in [3.8, 4) is 5.75 Å². The first-order valence-corrected chi connectivity index (χ1v) is 14.2. The van der Waals surface area contributed by atoms with E-state index in [2.05, 4.69) is 39.8 Å². The van der Waals surface area contributed by atoms with Crippen LogP contribution >= 0.6 is 11.8 Å². The molecule has 3 aromatic rings. The van der Waals surface area contributed by atoms with Gasteiger partial charge in [0.15, 0.2) is 0 Å². The first kappa shape index (κ1) is 27.5. The maximum absolute atomic E-state index is 11.3. The molecule has 8 heteroatoms. The Hall–Kier alpha value is -2.55. The van der Waals surface area contributed by atoms with Gasteiger partial charge in [-0.1, -0.05) is 0 Å².